The van der Waals surface area contributed by atoms with Crippen molar-refractivity contribution in [2.45, 2.75) is 9.79 Å². The van der Waals surface area contributed by atoms with E-state index in [0.29, 0.717) is 0 Å². The van der Waals surface area contributed by atoms with Gasteiger partial charge in [0, 0.05) is 88.8 Å². The highest BCUT2D eigenvalue weighted by Gasteiger charge is 2.48. The Morgan fingerprint density at radius 1 is 0.191 bits per heavy atom. The normalized spacial score (nSPS) is 12.6. The van der Waals surface area contributed by atoms with Gasteiger partial charge in [-0.05, 0) is 152 Å². The first-order chi connectivity index (χ1) is 54.6. The number of fused-ring (bicyclic) bond motifs is 8. The van der Waals surface area contributed by atoms with E-state index in [1.54, 1.807) is 0 Å². The summed E-state index contributed by atoms with van der Waals surface area (Å²) >= 11 is 1.91. The highest BCUT2D eigenvalue weighted by atomic mass is 32.2. The van der Waals surface area contributed by atoms with Crippen molar-refractivity contribution in [3.05, 3.63) is 419 Å². The number of para-hydroxylation sites is 9. The smallest absolute Gasteiger partial charge is 0.252 e. The molecule has 5 nitrogen and oxygen atoms in total. The average Bonchev–Trinajstić information content (AvgIpc) is 0.686. The monoisotopic (exact) mass is 1420 g/mol. The Bertz CT molecular complexity index is 6370. The van der Waals surface area contributed by atoms with Gasteiger partial charge in [0.15, 0.2) is 0 Å². The maximum atomic E-state index is 2.67. The minimum Gasteiger partial charge on any atom is -0.311 e. The molecule has 17 aromatic carbocycles. The predicted molar refractivity (Wildman–Crippen MR) is 467 cm³/mol. The van der Waals surface area contributed by atoms with Crippen molar-refractivity contribution in [2.24, 2.45) is 0 Å². The summed E-state index contributed by atoms with van der Waals surface area (Å²) < 4.78 is 0. The van der Waals surface area contributed by atoms with Crippen LogP contribution in [0.3, 0.4) is 0 Å². The number of benzene rings is 17. The number of hydrogen-bond acceptors (Lipinski definition) is 6. The van der Waals surface area contributed by atoms with Crippen molar-refractivity contribution in [1.29, 1.82) is 0 Å². The van der Waals surface area contributed by atoms with Crippen LogP contribution in [0.1, 0.15) is 0 Å². The zero-order chi connectivity index (χ0) is 72.6. The van der Waals surface area contributed by atoms with Crippen LogP contribution in [0.2, 0.25) is 0 Å². The third-order valence-corrected chi connectivity index (χ3v) is 23.6. The Hall–Kier alpha value is -13.8. The van der Waals surface area contributed by atoms with Crippen LogP contribution in [0.25, 0.3) is 55.6 Å². The molecule has 0 aromatic heterocycles. The van der Waals surface area contributed by atoms with Gasteiger partial charge < -0.3 is 24.5 Å². The fourth-order valence-electron chi connectivity index (χ4n) is 17.8. The molecule has 0 saturated carbocycles. The Kier molecular flexibility index (Phi) is 16.0. The lowest BCUT2D eigenvalue weighted by Gasteiger charge is -2.46. The van der Waals surface area contributed by atoms with Crippen LogP contribution in [0, 0.1) is 0 Å². The lowest BCUT2D eigenvalue weighted by Crippen LogP contribution is -2.64. The average molecular weight is 1420 g/mol. The minimum atomic E-state index is -0.238. The molecule has 0 spiro atoms. The van der Waals surface area contributed by atoms with E-state index in [1.165, 1.54) is 42.6 Å². The lowest BCUT2D eigenvalue weighted by molar-refractivity contribution is 1.22. The van der Waals surface area contributed by atoms with Gasteiger partial charge in [-0.2, -0.15) is 0 Å². The minimum absolute atomic E-state index is 0.181. The van der Waals surface area contributed by atoms with Crippen LogP contribution in [0.4, 0.5) is 85.3 Å². The largest absolute Gasteiger partial charge is 0.311 e. The Balaban J connectivity index is 0.869. The molecular formula is C102H69B2N5S. The molecule has 514 valence electrons. The van der Waals surface area contributed by atoms with Crippen molar-refractivity contribution < 1.29 is 0 Å². The highest BCUT2D eigenvalue weighted by Crippen LogP contribution is 2.55. The summed E-state index contributed by atoms with van der Waals surface area (Å²) in [7, 11) is 0. The first kappa shape index (κ1) is 64.6. The summed E-state index contributed by atoms with van der Waals surface area (Å²) in [5.41, 5.74) is 35.4. The van der Waals surface area contributed by atoms with E-state index in [-0.39, 0.29) is 13.4 Å². The van der Waals surface area contributed by atoms with Crippen molar-refractivity contribution in [1.82, 2.24) is 0 Å². The molecule has 4 aliphatic rings. The molecule has 4 aliphatic heterocycles. The van der Waals surface area contributed by atoms with Gasteiger partial charge in [-0.25, -0.2) is 0 Å². The molecule has 110 heavy (non-hydrogen) atoms. The fourth-order valence-corrected chi connectivity index (χ4v) is 19.0. The van der Waals surface area contributed by atoms with Crippen molar-refractivity contribution >= 4 is 143 Å². The maximum absolute atomic E-state index is 2.67. The van der Waals surface area contributed by atoms with Gasteiger partial charge in [0.2, 0.25) is 6.71 Å². The Morgan fingerprint density at radius 3 is 0.900 bits per heavy atom. The lowest BCUT2D eigenvalue weighted by atomic mass is 9.31. The molecule has 8 heteroatoms. The number of rotatable bonds is 14. The van der Waals surface area contributed by atoms with Crippen molar-refractivity contribution in [2.75, 3.05) is 24.5 Å². The van der Waals surface area contributed by atoms with E-state index in [4.69, 9.17) is 0 Å². The Morgan fingerprint density at radius 2 is 0.491 bits per heavy atom. The van der Waals surface area contributed by atoms with E-state index < -0.39 is 0 Å². The molecule has 0 bridgehead atoms. The zero-order valence-electron chi connectivity index (χ0n) is 60.1. The highest BCUT2D eigenvalue weighted by molar-refractivity contribution is 8.00. The van der Waals surface area contributed by atoms with E-state index in [9.17, 15) is 0 Å². The van der Waals surface area contributed by atoms with E-state index in [1.807, 2.05) is 11.8 Å². The molecule has 21 rings (SSSR count). The second-order valence-electron chi connectivity index (χ2n) is 28.6. The standard InChI is InChI=1S/C102H69B2N5S/c1-8-36-70(37-9-1)79-50-22-29-57-88(79)105(75-46-18-6-19-47-75)77-64-96-101-97(65-77)109(92-61-33-26-54-83(92)74-44-16-5-17-45-74)95-69-99-87(68-86(95)103(101)84-55-27-34-62-93(84)107(96)90-59-31-24-52-81(90)72-40-12-3-13-41-72)104-85-56-28-35-63-94(85)108(91-60-32-25-53-82(91)73-42-14-4-15-43-73)98-66-78(67-100(110-99)102(98)104)106(76-48-20-7-21-49-76)89-58-30-23-51-80(89)71-38-10-2-11-39-71/h1-69H. The number of nitrogens with zero attached hydrogens (tertiary/aromatic N) is 5. The third kappa shape index (κ3) is 10.8. The molecule has 0 atom stereocenters. The molecule has 0 radical (unpaired) electrons. The molecule has 0 saturated heterocycles. The van der Waals surface area contributed by atoms with Crippen LogP contribution in [0.5, 0.6) is 0 Å². The summed E-state index contributed by atoms with van der Waals surface area (Å²) in [6, 6.07) is 155. The van der Waals surface area contributed by atoms with Crippen LogP contribution in [0.15, 0.2) is 428 Å². The van der Waals surface area contributed by atoms with Crippen LogP contribution >= 0.6 is 11.8 Å². The first-order valence-corrected chi connectivity index (χ1v) is 38.7. The van der Waals surface area contributed by atoms with Gasteiger partial charge in [-0.1, -0.05) is 339 Å². The van der Waals surface area contributed by atoms with Gasteiger partial charge in [-0.3, -0.25) is 0 Å². The molecule has 0 fully saturated rings. The molecule has 4 heterocycles. The van der Waals surface area contributed by atoms with Gasteiger partial charge in [0.25, 0.3) is 6.71 Å². The first-order valence-electron chi connectivity index (χ1n) is 37.9. The maximum Gasteiger partial charge on any atom is 0.252 e. The Labute approximate surface area is 647 Å². The van der Waals surface area contributed by atoms with Crippen LogP contribution in [-0.2, 0) is 0 Å². The van der Waals surface area contributed by atoms with E-state index >= 15 is 0 Å². The summed E-state index contributed by atoms with van der Waals surface area (Å²) in [6.07, 6.45) is 0. The molecule has 0 amide bonds. The summed E-state index contributed by atoms with van der Waals surface area (Å²) in [4.78, 5) is 15.2. The third-order valence-electron chi connectivity index (χ3n) is 22.4. The van der Waals surface area contributed by atoms with Gasteiger partial charge >= 0.3 is 0 Å². The molecule has 17 aromatic rings. The topological polar surface area (TPSA) is 16.2 Å². The number of anilines is 15. The molecule has 0 aliphatic carbocycles. The van der Waals surface area contributed by atoms with Gasteiger partial charge in [-0.15, -0.1) is 0 Å². The zero-order valence-corrected chi connectivity index (χ0v) is 61.0. The molecular weight excluding hydrogens is 1350 g/mol. The van der Waals surface area contributed by atoms with E-state index in [0.717, 1.165) is 141 Å². The summed E-state index contributed by atoms with van der Waals surface area (Å²) in [5.74, 6) is 0. The van der Waals surface area contributed by atoms with Crippen LogP contribution in [-0.4, -0.2) is 13.4 Å². The van der Waals surface area contributed by atoms with E-state index in [2.05, 4.69) is 443 Å². The quantitative estimate of drug-likeness (QED) is 0.100. The summed E-state index contributed by atoms with van der Waals surface area (Å²) in [6.45, 7) is -0.419. The molecule has 0 N–H and O–H groups in total. The number of hydrogen-bond donors (Lipinski definition) is 0. The SMILES string of the molecule is c1ccc(-c2ccccc2N(c2ccccc2)c2cc3c4c(c2)N(c2ccccc2-c2ccccc2)c2ccccc2B4c2cc4c(cc2S3)N(c2ccccc2-c2ccccc2)c2cc(N(c3ccccc3)c3ccccc3-c3ccccc3)cc3c2B4c2ccccc2N3c2ccccc2-c2ccccc2)cc1. The van der Waals surface area contributed by atoms with Crippen molar-refractivity contribution in [3.63, 3.8) is 0 Å². The molecule has 0 unspecified atom stereocenters. The van der Waals surface area contributed by atoms with Gasteiger partial charge in [0.1, 0.15) is 0 Å². The second kappa shape index (κ2) is 27.2. The fraction of sp³-hybridized carbons (Fsp3) is 0. The van der Waals surface area contributed by atoms with Crippen molar-refractivity contribution in [3.8, 4) is 55.6 Å². The van der Waals surface area contributed by atoms with Crippen LogP contribution < -0.4 is 57.3 Å². The predicted octanol–water partition coefficient (Wildman–Crippen LogP) is 23.8. The second-order valence-corrected chi connectivity index (χ2v) is 29.7. The van der Waals surface area contributed by atoms with Gasteiger partial charge in [0.05, 0.1) is 34.1 Å². The summed E-state index contributed by atoms with van der Waals surface area (Å²) in [5, 5.41) is 0.